The number of nitrogens with one attached hydrogen (secondary N) is 3. The molecule has 5 aromatic rings. The molecule has 0 saturated heterocycles. The minimum Gasteiger partial charge on any atom is -0.340 e. The first kappa shape index (κ1) is 25.2. The van der Waals surface area contributed by atoms with Crippen LogP contribution in [0, 0.1) is 6.92 Å². The van der Waals surface area contributed by atoms with E-state index in [0.29, 0.717) is 28.6 Å². The average molecular weight is 521 g/mol. The Morgan fingerprint density at radius 3 is 2.69 bits per heavy atom. The van der Waals surface area contributed by atoms with Crippen LogP contribution in [-0.4, -0.2) is 54.5 Å². The first-order valence-electron chi connectivity index (χ1n) is 12.1. The standard InChI is InChI=1S/C28H24N8O3/c1-18-7-11-26(36-17-29-34-35-36)20(13-18)8-12-27(38)31-24(14-19-5-3-2-4-6-19)28(39)30-21-9-10-23-22(15-21)25(16-37)33-32-23/h2-13,15-17,24H,14H2,1H3,(H,30,39)(H,31,38)(H,32,33)/b12-8+/t24-/m0/s1. The number of tetrazole rings is 1. The second-order valence-corrected chi connectivity index (χ2v) is 8.88. The molecule has 0 aliphatic carbocycles. The lowest BCUT2D eigenvalue weighted by molar-refractivity contribution is -0.123. The van der Waals surface area contributed by atoms with Crippen molar-refractivity contribution in [2.75, 3.05) is 5.32 Å². The van der Waals surface area contributed by atoms with Crippen LogP contribution in [-0.2, 0) is 16.0 Å². The SMILES string of the molecule is Cc1ccc(-n2cnnn2)c(/C=C/C(=O)N[C@@H](Cc2ccccc2)C(=O)Nc2ccc3[nH]nc(C=O)c3c2)c1. The Morgan fingerprint density at radius 2 is 1.92 bits per heavy atom. The van der Waals surface area contributed by atoms with Gasteiger partial charge in [0.2, 0.25) is 11.8 Å². The summed E-state index contributed by atoms with van der Waals surface area (Å²) in [5.41, 5.74) is 4.73. The van der Waals surface area contributed by atoms with Gasteiger partial charge in [0.05, 0.1) is 11.2 Å². The summed E-state index contributed by atoms with van der Waals surface area (Å²) in [6.07, 6.45) is 5.43. The van der Waals surface area contributed by atoms with Crippen molar-refractivity contribution in [2.45, 2.75) is 19.4 Å². The summed E-state index contributed by atoms with van der Waals surface area (Å²) >= 11 is 0. The summed E-state index contributed by atoms with van der Waals surface area (Å²) < 4.78 is 1.51. The Bertz CT molecular complexity index is 1660. The summed E-state index contributed by atoms with van der Waals surface area (Å²) in [7, 11) is 0. The molecule has 0 unspecified atom stereocenters. The van der Waals surface area contributed by atoms with Gasteiger partial charge in [-0.15, -0.1) is 5.10 Å². The zero-order valence-corrected chi connectivity index (χ0v) is 20.9. The molecule has 11 nitrogen and oxygen atoms in total. The molecule has 1 atom stereocenters. The number of aryl methyl sites for hydroxylation is 1. The number of carbonyl (C=O) groups excluding carboxylic acids is 3. The van der Waals surface area contributed by atoms with Crippen LogP contribution < -0.4 is 10.6 Å². The Morgan fingerprint density at radius 1 is 1.08 bits per heavy atom. The van der Waals surface area contributed by atoms with Gasteiger partial charge in [0.1, 0.15) is 18.1 Å². The maximum Gasteiger partial charge on any atom is 0.247 e. The summed E-state index contributed by atoms with van der Waals surface area (Å²) in [5, 5.41) is 24.3. The molecule has 3 aromatic carbocycles. The number of aromatic amines is 1. The zero-order valence-electron chi connectivity index (χ0n) is 20.9. The van der Waals surface area contributed by atoms with Crippen LogP contribution in [0.2, 0.25) is 0 Å². The largest absolute Gasteiger partial charge is 0.340 e. The van der Waals surface area contributed by atoms with E-state index >= 15 is 0 Å². The molecule has 0 radical (unpaired) electrons. The molecule has 3 N–H and O–H groups in total. The quantitative estimate of drug-likeness (QED) is 0.200. The molecule has 0 spiro atoms. The van der Waals surface area contributed by atoms with E-state index in [1.54, 1.807) is 24.3 Å². The number of anilines is 1. The highest BCUT2D eigenvalue weighted by Gasteiger charge is 2.21. The van der Waals surface area contributed by atoms with Gasteiger partial charge in [-0.25, -0.2) is 0 Å². The van der Waals surface area contributed by atoms with Crippen LogP contribution >= 0.6 is 0 Å². The van der Waals surface area contributed by atoms with Crippen molar-refractivity contribution in [3.05, 3.63) is 102 Å². The predicted molar refractivity (Wildman–Crippen MR) is 145 cm³/mol. The van der Waals surface area contributed by atoms with Gasteiger partial charge in [-0.05, 0) is 59.3 Å². The van der Waals surface area contributed by atoms with E-state index in [1.165, 1.54) is 17.1 Å². The van der Waals surface area contributed by atoms with E-state index in [0.717, 1.165) is 16.7 Å². The molecule has 2 heterocycles. The van der Waals surface area contributed by atoms with Crippen LogP contribution in [0.15, 0.2) is 79.1 Å². The van der Waals surface area contributed by atoms with Gasteiger partial charge in [0, 0.05) is 29.1 Å². The van der Waals surface area contributed by atoms with E-state index in [-0.39, 0.29) is 12.1 Å². The number of carbonyl (C=O) groups is 3. The van der Waals surface area contributed by atoms with E-state index in [2.05, 4.69) is 36.4 Å². The van der Waals surface area contributed by atoms with E-state index in [9.17, 15) is 14.4 Å². The lowest BCUT2D eigenvalue weighted by atomic mass is 10.0. The van der Waals surface area contributed by atoms with Crippen molar-refractivity contribution in [1.82, 2.24) is 35.7 Å². The highest BCUT2D eigenvalue weighted by molar-refractivity contribution is 6.02. The summed E-state index contributed by atoms with van der Waals surface area (Å²) in [4.78, 5) is 37.6. The summed E-state index contributed by atoms with van der Waals surface area (Å²) in [5.74, 6) is -0.843. The Kier molecular flexibility index (Phi) is 7.30. The van der Waals surface area contributed by atoms with E-state index < -0.39 is 17.9 Å². The normalized spacial score (nSPS) is 11.9. The van der Waals surface area contributed by atoms with Crippen LogP contribution in [0.4, 0.5) is 5.69 Å². The molecule has 0 aliphatic heterocycles. The fourth-order valence-electron chi connectivity index (χ4n) is 4.16. The van der Waals surface area contributed by atoms with Crippen LogP contribution in [0.3, 0.4) is 0 Å². The van der Waals surface area contributed by atoms with Gasteiger partial charge in [-0.3, -0.25) is 19.5 Å². The third-order valence-electron chi connectivity index (χ3n) is 6.08. The number of aldehydes is 1. The molecule has 2 amide bonds. The van der Waals surface area contributed by atoms with Crippen molar-refractivity contribution in [1.29, 1.82) is 0 Å². The summed E-state index contributed by atoms with van der Waals surface area (Å²) in [6, 6.07) is 19.3. The fourth-order valence-corrected chi connectivity index (χ4v) is 4.16. The molecule has 5 rings (SSSR count). The molecule has 194 valence electrons. The number of amides is 2. The number of fused-ring (bicyclic) bond motifs is 1. The maximum atomic E-state index is 13.3. The van der Waals surface area contributed by atoms with Crippen molar-refractivity contribution >= 4 is 40.8 Å². The maximum absolute atomic E-state index is 13.3. The zero-order chi connectivity index (χ0) is 27.2. The molecular weight excluding hydrogens is 496 g/mol. The van der Waals surface area contributed by atoms with Crippen molar-refractivity contribution in [3.63, 3.8) is 0 Å². The van der Waals surface area contributed by atoms with Crippen molar-refractivity contribution in [2.24, 2.45) is 0 Å². The second kappa shape index (κ2) is 11.3. The molecule has 2 aromatic heterocycles. The van der Waals surface area contributed by atoms with Gasteiger partial charge >= 0.3 is 0 Å². The Hall–Kier alpha value is -5.45. The summed E-state index contributed by atoms with van der Waals surface area (Å²) in [6.45, 7) is 1.94. The van der Waals surface area contributed by atoms with Crippen molar-refractivity contribution < 1.29 is 14.4 Å². The molecular formula is C28H24N8O3. The van der Waals surface area contributed by atoms with Gasteiger partial charge in [-0.1, -0.05) is 42.0 Å². The number of H-pyrrole nitrogens is 1. The highest BCUT2D eigenvalue weighted by Crippen LogP contribution is 2.20. The number of hydrogen-bond donors (Lipinski definition) is 3. The van der Waals surface area contributed by atoms with Crippen LogP contribution in [0.25, 0.3) is 22.7 Å². The van der Waals surface area contributed by atoms with Gasteiger partial charge < -0.3 is 10.6 Å². The average Bonchev–Trinajstić information content (AvgIpc) is 3.62. The number of hydrogen-bond acceptors (Lipinski definition) is 7. The number of nitrogens with zero attached hydrogens (tertiary/aromatic N) is 5. The van der Waals surface area contributed by atoms with E-state index in [4.69, 9.17) is 0 Å². The third kappa shape index (κ3) is 5.93. The lowest BCUT2D eigenvalue weighted by Crippen LogP contribution is -2.44. The topological polar surface area (TPSA) is 148 Å². The molecule has 0 aliphatic rings. The molecule has 11 heteroatoms. The minimum absolute atomic E-state index is 0.248. The second-order valence-electron chi connectivity index (χ2n) is 8.88. The van der Waals surface area contributed by atoms with E-state index in [1.807, 2.05) is 55.5 Å². The van der Waals surface area contributed by atoms with Crippen LogP contribution in [0.1, 0.15) is 27.2 Å². The lowest BCUT2D eigenvalue weighted by Gasteiger charge is -2.18. The predicted octanol–water partition coefficient (Wildman–Crippen LogP) is 3.04. The number of benzene rings is 3. The first-order valence-corrected chi connectivity index (χ1v) is 12.1. The van der Waals surface area contributed by atoms with Gasteiger partial charge in [-0.2, -0.15) is 9.78 Å². The molecule has 0 bridgehead atoms. The molecule has 0 fully saturated rings. The minimum atomic E-state index is -0.869. The molecule has 0 saturated carbocycles. The van der Waals surface area contributed by atoms with Crippen LogP contribution in [0.5, 0.6) is 0 Å². The first-order chi connectivity index (χ1) is 19.0. The molecule has 39 heavy (non-hydrogen) atoms. The van der Waals surface area contributed by atoms with Gasteiger partial charge in [0.15, 0.2) is 6.29 Å². The Labute approximate surface area is 222 Å². The Balaban J connectivity index is 1.36. The number of rotatable bonds is 9. The highest BCUT2D eigenvalue weighted by atomic mass is 16.2. The van der Waals surface area contributed by atoms with Gasteiger partial charge in [0.25, 0.3) is 0 Å². The monoisotopic (exact) mass is 520 g/mol. The third-order valence-corrected chi connectivity index (χ3v) is 6.08. The smallest absolute Gasteiger partial charge is 0.247 e. The number of aromatic nitrogens is 6. The fraction of sp³-hybridized carbons (Fsp3) is 0.107. The van der Waals surface area contributed by atoms with Crippen molar-refractivity contribution in [3.8, 4) is 5.69 Å².